The minimum absolute atomic E-state index is 0.209. The maximum Gasteiger partial charge on any atom is 0.321 e. The number of halogens is 1. The molecule has 0 aliphatic rings. The second-order valence-electron chi connectivity index (χ2n) is 4.42. The normalized spacial score (nSPS) is 12.3. The number of hydrogen-bond acceptors (Lipinski definition) is 5. The Bertz CT molecular complexity index is 690. The molecule has 0 saturated heterocycles. The molecular formula is C14H17FN2O5S. The Balaban J connectivity index is 2.57. The summed E-state index contributed by atoms with van der Waals surface area (Å²) in [4.78, 5) is 22.5. The van der Waals surface area contributed by atoms with Gasteiger partial charge in [0.15, 0.2) is 6.10 Å². The monoisotopic (exact) mass is 344 g/mol. The van der Waals surface area contributed by atoms with Gasteiger partial charge in [-0.05, 0) is 19.1 Å². The summed E-state index contributed by atoms with van der Waals surface area (Å²) in [7, 11) is -4.20. The summed E-state index contributed by atoms with van der Waals surface area (Å²) >= 11 is 0. The van der Waals surface area contributed by atoms with Crippen LogP contribution in [0.5, 0.6) is 0 Å². The van der Waals surface area contributed by atoms with Crippen molar-refractivity contribution in [2.75, 3.05) is 13.1 Å². The predicted octanol–water partition coefficient (Wildman–Crippen LogP) is 0.338. The number of amides is 1. The molecule has 0 fully saturated rings. The van der Waals surface area contributed by atoms with Gasteiger partial charge in [0.05, 0.1) is 0 Å². The van der Waals surface area contributed by atoms with Gasteiger partial charge in [-0.3, -0.25) is 9.59 Å². The Hall–Kier alpha value is -2.26. The molecule has 1 rings (SSSR count). The average Bonchev–Trinajstić information content (AvgIpc) is 2.51. The lowest BCUT2D eigenvalue weighted by atomic mass is 10.3. The van der Waals surface area contributed by atoms with Crippen LogP contribution in [0.3, 0.4) is 0 Å². The Morgan fingerprint density at radius 1 is 1.39 bits per heavy atom. The van der Waals surface area contributed by atoms with Crippen molar-refractivity contribution in [1.82, 2.24) is 10.0 Å². The summed E-state index contributed by atoms with van der Waals surface area (Å²) in [5, 5.41) is 2.42. The van der Waals surface area contributed by atoms with Crippen molar-refractivity contribution < 1.29 is 27.1 Å². The number of sulfonamides is 1. The molecule has 1 aromatic carbocycles. The fraction of sp³-hybridized carbons (Fsp3) is 0.286. The van der Waals surface area contributed by atoms with Crippen LogP contribution in [0.1, 0.15) is 6.92 Å². The van der Waals surface area contributed by atoms with Gasteiger partial charge in [0.2, 0.25) is 10.0 Å². The van der Waals surface area contributed by atoms with Gasteiger partial charge >= 0.3 is 5.97 Å². The zero-order chi connectivity index (χ0) is 17.5. The highest BCUT2D eigenvalue weighted by Gasteiger charge is 2.22. The van der Waals surface area contributed by atoms with E-state index in [4.69, 9.17) is 4.74 Å². The van der Waals surface area contributed by atoms with E-state index >= 15 is 0 Å². The summed E-state index contributed by atoms with van der Waals surface area (Å²) in [5.41, 5.74) is 0. The SMILES string of the molecule is C=CCNC(=O)[C@@H](C)OC(=O)CNS(=O)(=O)c1ccccc1F. The molecule has 0 heterocycles. The lowest BCUT2D eigenvalue weighted by molar-refractivity contribution is -0.153. The van der Waals surface area contributed by atoms with E-state index in [1.165, 1.54) is 25.1 Å². The van der Waals surface area contributed by atoms with Crippen LogP contribution in [0.15, 0.2) is 41.8 Å². The topological polar surface area (TPSA) is 102 Å². The summed E-state index contributed by atoms with van der Waals surface area (Å²) in [6.07, 6.45) is 0.357. The van der Waals surface area contributed by atoms with Crippen LogP contribution in [0.2, 0.25) is 0 Å². The number of carbonyl (C=O) groups is 2. The van der Waals surface area contributed by atoms with E-state index in [0.717, 1.165) is 12.1 Å². The third-order valence-corrected chi connectivity index (χ3v) is 4.07. The Morgan fingerprint density at radius 2 is 2.04 bits per heavy atom. The molecule has 1 aromatic rings. The van der Waals surface area contributed by atoms with Gasteiger partial charge in [-0.1, -0.05) is 18.2 Å². The molecule has 0 aromatic heterocycles. The molecule has 9 heteroatoms. The molecule has 0 bridgehead atoms. The van der Waals surface area contributed by atoms with Gasteiger partial charge in [0.25, 0.3) is 5.91 Å². The smallest absolute Gasteiger partial charge is 0.321 e. The zero-order valence-electron chi connectivity index (χ0n) is 12.4. The van der Waals surface area contributed by atoms with Gasteiger partial charge in [0.1, 0.15) is 17.3 Å². The lowest BCUT2D eigenvalue weighted by Gasteiger charge is -2.13. The van der Waals surface area contributed by atoms with Crippen molar-refractivity contribution in [1.29, 1.82) is 0 Å². The van der Waals surface area contributed by atoms with Crippen molar-refractivity contribution >= 4 is 21.9 Å². The van der Waals surface area contributed by atoms with Crippen LogP contribution < -0.4 is 10.0 Å². The highest BCUT2D eigenvalue weighted by atomic mass is 32.2. The van der Waals surface area contributed by atoms with E-state index in [1.807, 2.05) is 4.72 Å². The second kappa shape index (κ2) is 8.39. The average molecular weight is 344 g/mol. The predicted molar refractivity (Wildman–Crippen MR) is 80.3 cm³/mol. The van der Waals surface area contributed by atoms with Crippen molar-refractivity contribution in [2.24, 2.45) is 0 Å². The molecule has 1 amide bonds. The first-order valence-corrected chi connectivity index (χ1v) is 8.08. The molecule has 0 unspecified atom stereocenters. The number of carbonyl (C=O) groups excluding carboxylic acids is 2. The molecule has 0 saturated carbocycles. The largest absolute Gasteiger partial charge is 0.452 e. The number of nitrogens with one attached hydrogen (secondary N) is 2. The van der Waals surface area contributed by atoms with Gasteiger partial charge in [-0.15, -0.1) is 6.58 Å². The third-order valence-electron chi connectivity index (χ3n) is 2.63. The van der Waals surface area contributed by atoms with Crippen LogP contribution in [-0.2, 0) is 24.3 Å². The van der Waals surface area contributed by atoms with Gasteiger partial charge in [0, 0.05) is 6.54 Å². The molecule has 2 N–H and O–H groups in total. The van der Waals surface area contributed by atoms with E-state index in [-0.39, 0.29) is 6.54 Å². The number of rotatable bonds is 8. The highest BCUT2D eigenvalue weighted by Crippen LogP contribution is 2.12. The Labute approximate surface area is 133 Å². The van der Waals surface area contributed by atoms with Crippen molar-refractivity contribution in [2.45, 2.75) is 17.9 Å². The van der Waals surface area contributed by atoms with Crippen molar-refractivity contribution in [3.05, 3.63) is 42.7 Å². The third kappa shape index (κ3) is 5.80. The Kier molecular flexibility index (Phi) is 6.86. The molecule has 0 spiro atoms. The number of esters is 1. The van der Waals surface area contributed by atoms with Crippen molar-refractivity contribution in [3.8, 4) is 0 Å². The van der Waals surface area contributed by atoms with Crippen LogP contribution >= 0.6 is 0 Å². The second-order valence-corrected chi connectivity index (χ2v) is 6.16. The summed E-state index contributed by atoms with van der Waals surface area (Å²) < 4.78 is 43.9. The minimum atomic E-state index is -4.20. The molecule has 126 valence electrons. The van der Waals surface area contributed by atoms with E-state index in [1.54, 1.807) is 0 Å². The molecular weight excluding hydrogens is 327 g/mol. The molecule has 0 aliphatic heterocycles. The van der Waals surface area contributed by atoms with Gasteiger partial charge < -0.3 is 10.1 Å². The standard InChI is InChI=1S/C14H17FN2O5S/c1-3-8-16-14(19)10(2)22-13(18)9-17-23(20,21)12-7-5-4-6-11(12)15/h3-7,10,17H,1,8-9H2,2H3,(H,16,19)/t10-/m1/s1. The van der Waals surface area contributed by atoms with Crippen LogP contribution in [0.25, 0.3) is 0 Å². The molecule has 0 aliphatic carbocycles. The number of benzene rings is 1. The van der Waals surface area contributed by atoms with E-state index < -0.39 is 45.3 Å². The van der Waals surface area contributed by atoms with E-state index in [2.05, 4.69) is 11.9 Å². The summed E-state index contributed by atoms with van der Waals surface area (Å²) in [5.74, 6) is -2.45. The van der Waals surface area contributed by atoms with Crippen molar-refractivity contribution in [3.63, 3.8) is 0 Å². The summed E-state index contributed by atoms with van der Waals surface area (Å²) in [6.45, 7) is 4.23. The summed E-state index contributed by atoms with van der Waals surface area (Å²) in [6, 6.07) is 4.74. The molecule has 7 nitrogen and oxygen atoms in total. The van der Waals surface area contributed by atoms with Gasteiger partial charge in [-0.25, -0.2) is 12.8 Å². The first-order chi connectivity index (χ1) is 10.8. The molecule has 1 atom stereocenters. The quantitative estimate of drug-likeness (QED) is 0.523. The first-order valence-electron chi connectivity index (χ1n) is 6.60. The number of hydrogen-bond donors (Lipinski definition) is 2. The molecule has 23 heavy (non-hydrogen) atoms. The maximum atomic E-state index is 13.4. The minimum Gasteiger partial charge on any atom is -0.452 e. The van der Waals surface area contributed by atoms with E-state index in [9.17, 15) is 22.4 Å². The highest BCUT2D eigenvalue weighted by molar-refractivity contribution is 7.89. The number of ether oxygens (including phenoxy) is 1. The Morgan fingerprint density at radius 3 is 2.65 bits per heavy atom. The fourth-order valence-corrected chi connectivity index (χ4v) is 2.55. The fourth-order valence-electron chi connectivity index (χ4n) is 1.50. The van der Waals surface area contributed by atoms with Crippen LogP contribution in [-0.4, -0.2) is 39.5 Å². The first kappa shape index (κ1) is 18.8. The van der Waals surface area contributed by atoms with E-state index in [0.29, 0.717) is 0 Å². The van der Waals surface area contributed by atoms with Crippen LogP contribution in [0.4, 0.5) is 4.39 Å². The van der Waals surface area contributed by atoms with Crippen LogP contribution in [0, 0.1) is 5.82 Å². The maximum absolute atomic E-state index is 13.4. The van der Waals surface area contributed by atoms with Gasteiger partial charge in [-0.2, -0.15) is 4.72 Å². The zero-order valence-corrected chi connectivity index (χ0v) is 13.2. The molecule has 0 radical (unpaired) electrons. The lowest BCUT2D eigenvalue weighted by Crippen LogP contribution is -2.38.